The maximum absolute atomic E-state index is 13.0. The Kier molecular flexibility index (Phi) is 8.01. The van der Waals surface area contributed by atoms with Gasteiger partial charge in [0.05, 0.1) is 11.0 Å². The number of carboxylic acid groups (broad SMARTS) is 1. The number of carbonyl (C=O) groups excluding carboxylic acids is 2. The molecule has 0 radical (unpaired) electrons. The molecular weight excluding hydrogens is 544 g/mol. The van der Waals surface area contributed by atoms with Crippen LogP contribution in [0.2, 0.25) is 0 Å². The fraction of sp³-hybridized carbons (Fsp3) is 0.861. The maximum Gasteiger partial charge on any atom is 0.310 e. The molecule has 0 aromatic carbocycles. The molecule has 5 rings (SSSR count). The molecule has 0 saturated heterocycles. The summed E-state index contributed by atoms with van der Waals surface area (Å²) >= 11 is 0. The van der Waals surface area contributed by atoms with Crippen molar-refractivity contribution in [3.05, 3.63) is 11.6 Å². The van der Waals surface area contributed by atoms with Crippen LogP contribution >= 0.6 is 0 Å². The van der Waals surface area contributed by atoms with Gasteiger partial charge in [0.2, 0.25) is 0 Å². The normalized spacial score (nSPS) is 48.9. The van der Waals surface area contributed by atoms with Gasteiger partial charge in [-0.25, -0.2) is 0 Å². The lowest BCUT2D eigenvalue weighted by molar-refractivity contribution is -0.232. The Morgan fingerprint density at radius 3 is 2.19 bits per heavy atom. The topological polar surface area (TPSA) is 110 Å². The van der Waals surface area contributed by atoms with Crippen LogP contribution in [-0.2, 0) is 23.9 Å². The van der Waals surface area contributed by atoms with Crippen LogP contribution < -0.4 is 0 Å². The van der Waals surface area contributed by atoms with Crippen LogP contribution in [-0.4, -0.2) is 46.4 Å². The van der Waals surface area contributed by atoms with Gasteiger partial charge < -0.3 is 19.7 Å². The minimum atomic E-state index is -1.09. The van der Waals surface area contributed by atoms with Crippen LogP contribution in [0, 0.1) is 50.7 Å². The highest BCUT2D eigenvalue weighted by Crippen LogP contribution is 2.76. The first-order valence-corrected chi connectivity index (χ1v) is 17.0. The lowest BCUT2D eigenvalue weighted by Gasteiger charge is -2.72. The Morgan fingerprint density at radius 1 is 0.884 bits per heavy atom. The van der Waals surface area contributed by atoms with E-state index in [4.69, 9.17) is 9.47 Å². The predicted molar refractivity (Wildman–Crippen MR) is 164 cm³/mol. The summed E-state index contributed by atoms with van der Waals surface area (Å²) in [5.41, 5.74) is -1.72. The van der Waals surface area contributed by atoms with E-state index in [1.165, 1.54) is 5.57 Å². The second-order valence-electron chi connectivity index (χ2n) is 16.2. The molecule has 242 valence electrons. The molecule has 2 N–H and O–H groups in total. The van der Waals surface area contributed by atoms with Gasteiger partial charge in [-0.05, 0) is 98.7 Å². The summed E-state index contributed by atoms with van der Waals surface area (Å²) < 4.78 is 11.9. The molecule has 11 atom stereocenters. The van der Waals surface area contributed by atoms with E-state index in [9.17, 15) is 24.6 Å². The number of carboxylic acids is 1. The first-order valence-electron chi connectivity index (χ1n) is 17.0. The van der Waals surface area contributed by atoms with Crippen molar-refractivity contribution < 1.29 is 34.1 Å². The summed E-state index contributed by atoms with van der Waals surface area (Å²) in [5.74, 6) is -1.04. The Morgan fingerprint density at radius 2 is 1.56 bits per heavy atom. The van der Waals surface area contributed by atoms with Gasteiger partial charge in [-0.15, -0.1) is 0 Å². The average Bonchev–Trinajstić information content (AvgIpc) is 2.95. The van der Waals surface area contributed by atoms with Gasteiger partial charge >= 0.3 is 17.9 Å². The third kappa shape index (κ3) is 4.40. The van der Waals surface area contributed by atoms with Crippen molar-refractivity contribution in [2.24, 2.45) is 50.7 Å². The number of aliphatic carboxylic acids is 1. The quantitative estimate of drug-likeness (QED) is 0.247. The monoisotopic (exact) mass is 600 g/mol. The number of hydrogen-bond donors (Lipinski definition) is 2. The second-order valence-corrected chi connectivity index (χ2v) is 16.2. The average molecular weight is 601 g/mol. The molecule has 43 heavy (non-hydrogen) atoms. The number of carbonyl (C=O) groups is 3. The van der Waals surface area contributed by atoms with E-state index in [1.54, 1.807) is 6.92 Å². The summed E-state index contributed by atoms with van der Waals surface area (Å²) in [4.78, 5) is 37.9. The third-order valence-corrected chi connectivity index (χ3v) is 14.6. The standard InChI is InChI=1S/C36H56O7/c1-9-27(37)42-21-32(5)24-14-17-34(7)25(31(24,4)16-15-26(32)43-28(38)10-2)12-11-23-29-35(8,41)22(3)13-18-36(29,30(39)40)20-19-33(23,34)6/h11,22,24-26,29,41H,9-10,12-21H2,1-8H3,(H,39,40)/t22-,24?,25?,26+,29?,31+,32+,33-,34-,35-,36+/m1/s1. The zero-order valence-corrected chi connectivity index (χ0v) is 27.9. The Bertz CT molecular complexity index is 1190. The van der Waals surface area contributed by atoms with Crippen molar-refractivity contribution >= 4 is 17.9 Å². The molecule has 3 unspecified atom stereocenters. The molecule has 7 nitrogen and oxygen atoms in total. The molecule has 4 saturated carbocycles. The first kappa shape index (κ1) is 32.5. The number of fused-ring (bicyclic) bond motifs is 7. The lowest BCUT2D eigenvalue weighted by atomic mass is 9.33. The molecule has 0 spiro atoms. The predicted octanol–water partition coefficient (Wildman–Crippen LogP) is 7.10. The Hall–Kier alpha value is -1.89. The molecule has 0 aromatic rings. The fourth-order valence-corrected chi connectivity index (χ4v) is 11.6. The fourth-order valence-electron chi connectivity index (χ4n) is 11.6. The van der Waals surface area contributed by atoms with E-state index in [-0.39, 0.29) is 52.7 Å². The summed E-state index contributed by atoms with van der Waals surface area (Å²) in [7, 11) is 0. The van der Waals surface area contributed by atoms with E-state index in [0.717, 1.165) is 44.9 Å². The Labute approximate surface area is 258 Å². The number of allylic oxidation sites excluding steroid dienone is 1. The minimum absolute atomic E-state index is 0.0275. The second kappa shape index (κ2) is 10.6. The number of esters is 2. The molecule has 0 aliphatic heterocycles. The zero-order valence-electron chi connectivity index (χ0n) is 27.9. The maximum atomic E-state index is 13.0. The van der Waals surface area contributed by atoms with Gasteiger partial charge in [-0.1, -0.05) is 60.1 Å². The highest BCUT2D eigenvalue weighted by molar-refractivity contribution is 5.77. The number of aliphatic hydroxyl groups is 1. The van der Waals surface area contributed by atoms with E-state index in [2.05, 4.69) is 40.7 Å². The van der Waals surface area contributed by atoms with Crippen molar-refractivity contribution in [1.82, 2.24) is 0 Å². The summed E-state index contributed by atoms with van der Waals surface area (Å²) in [5, 5.41) is 22.7. The van der Waals surface area contributed by atoms with Crippen molar-refractivity contribution in [3.8, 4) is 0 Å². The molecule has 5 aliphatic carbocycles. The van der Waals surface area contributed by atoms with Crippen molar-refractivity contribution in [3.63, 3.8) is 0 Å². The molecule has 7 heteroatoms. The van der Waals surface area contributed by atoms with Crippen LogP contribution in [0.4, 0.5) is 0 Å². The van der Waals surface area contributed by atoms with Gasteiger partial charge in [0.25, 0.3) is 0 Å². The van der Waals surface area contributed by atoms with E-state index in [0.29, 0.717) is 31.6 Å². The van der Waals surface area contributed by atoms with Gasteiger partial charge in [-0.3, -0.25) is 14.4 Å². The molecule has 0 amide bonds. The Balaban J connectivity index is 1.57. The summed E-state index contributed by atoms with van der Waals surface area (Å²) in [6.07, 6.45) is 9.80. The molecule has 0 bridgehead atoms. The molecule has 0 heterocycles. The van der Waals surface area contributed by atoms with Gasteiger partial charge in [-0.2, -0.15) is 0 Å². The van der Waals surface area contributed by atoms with E-state index >= 15 is 0 Å². The summed E-state index contributed by atoms with van der Waals surface area (Å²) in [6.45, 7) is 17.2. The molecule has 0 aromatic heterocycles. The first-order chi connectivity index (χ1) is 20.0. The smallest absolute Gasteiger partial charge is 0.310 e. The highest BCUT2D eigenvalue weighted by Gasteiger charge is 2.72. The number of ether oxygens (including phenoxy) is 2. The molecular formula is C36H56O7. The van der Waals surface area contributed by atoms with Gasteiger partial charge in [0, 0.05) is 24.2 Å². The zero-order chi connectivity index (χ0) is 31.8. The van der Waals surface area contributed by atoms with Crippen LogP contribution in [0.15, 0.2) is 11.6 Å². The highest BCUT2D eigenvalue weighted by atomic mass is 16.6. The molecule has 5 aliphatic rings. The van der Waals surface area contributed by atoms with Crippen LogP contribution in [0.3, 0.4) is 0 Å². The van der Waals surface area contributed by atoms with Gasteiger partial charge in [0.15, 0.2) is 0 Å². The lowest BCUT2D eigenvalue weighted by Crippen LogP contribution is -2.68. The van der Waals surface area contributed by atoms with E-state index in [1.807, 2.05) is 13.8 Å². The number of hydrogen-bond acceptors (Lipinski definition) is 6. The summed E-state index contributed by atoms with van der Waals surface area (Å²) in [6, 6.07) is 0. The van der Waals surface area contributed by atoms with Crippen LogP contribution in [0.25, 0.3) is 0 Å². The van der Waals surface area contributed by atoms with Crippen molar-refractivity contribution in [2.75, 3.05) is 6.61 Å². The van der Waals surface area contributed by atoms with E-state index < -0.39 is 28.3 Å². The SMILES string of the molecule is CCC(=O)OC[C@@]1(C)C2CC[C@]3(C)C(CC=C4C5[C@](C(=O)O)(CC[C@@H](C)[C@@]5(C)O)CC[C@]43C)[C@@]2(C)CC[C@@H]1OC(=O)CC. The van der Waals surface area contributed by atoms with Crippen molar-refractivity contribution in [2.45, 2.75) is 138 Å². The minimum Gasteiger partial charge on any atom is -0.481 e. The van der Waals surface area contributed by atoms with Crippen LogP contribution in [0.5, 0.6) is 0 Å². The number of rotatable bonds is 6. The van der Waals surface area contributed by atoms with Gasteiger partial charge in [0.1, 0.15) is 12.7 Å². The third-order valence-electron chi connectivity index (χ3n) is 14.6. The van der Waals surface area contributed by atoms with Crippen molar-refractivity contribution in [1.29, 1.82) is 0 Å². The van der Waals surface area contributed by atoms with Crippen LogP contribution in [0.1, 0.15) is 126 Å². The molecule has 4 fully saturated rings. The largest absolute Gasteiger partial charge is 0.481 e.